The van der Waals surface area contributed by atoms with E-state index in [0.29, 0.717) is 22.4 Å². The number of nitrogens with zero attached hydrogens (tertiary/aromatic N) is 2. The summed E-state index contributed by atoms with van der Waals surface area (Å²) < 4.78 is 87.8. The SMILES string of the molecule is [2H]c1c([2H])c([2H])c2c(c1[2H])c([2H])c(C)n2-c1cccc(-n2c([Si](C)(C)C)c([2H])c3c([2H])c([2H])c([2H])c([2H])c32)c1. The summed E-state index contributed by atoms with van der Waals surface area (Å²) in [7, 11) is -2.30. The van der Waals surface area contributed by atoms with Crippen LogP contribution in [0.5, 0.6) is 0 Å². The minimum Gasteiger partial charge on any atom is -0.318 e. The number of hydrogen-bond donors (Lipinski definition) is 0. The summed E-state index contributed by atoms with van der Waals surface area (Å²) in [5.74, 6) is 0. The van der Waals surface area contributed by atoms with E-state index in [1.807, 2.05) is 19.6 Å². The molecule has 5 aromatic rings. The van der Waals surface area contributed by atoms with Gasteiger partial charge in [-0.05, 0) is 54.7 Å². The van der Waals surface area contributed by atoms with Crippen molar-refractivity contribution >= 4 is 35.2 Å². The molecule has 3 aromatic carbocycles. The smallest absolute Gasteiger partial charge is 0.0990 e. The van der Waals surface area contributed by atoms with Crippen molar-refractivity contribution < 1.29 is 13.7 Å². The Hall–Kier alpha value is -3.04. The fourth-order valence-electron chi connectivity index (χ4n) is 3.69. The van der Waals surface area contributed by atoms with Crippen molar-refractivity contribution in [3.05, 3.63) is 90.4 Å². The quantitative estimate of drug-likeness (QED) is 0.307. The van der Waals surface area contributed by atoms with E-state index in [0.717, 1.165) is 0 Å². The van der Waals surface area contributed by atoms with Crippen LogP contribution in [0, 0.1) is 6.92 Å². The molecule has 2 aromatic heterocycles. The molecule has 5 rings (SSSR count). The Morgan fingerprint density at radius 1 is 0.759 bits per heavy atom. The van der Waals surface area contributed by atoms with Gasteiger partial charge in [0.1, 0.15) is 0 Å². The second-order valence-corrected chi connectivity index (χ2v) is 13.0. The topological polar surface area (TPSA) is 9.86 Å². The maximum Gasteiger partial charge on any atom is 0.0990 e. The Morgan fingerprint density at radius 2 is 1.31 bits per heavy atom. The first kappa shape index (κ1) is 10.1. The molecule has 0 radical (unpaired) electrons. The first-order valence-electron chi connectivity index (χ1n) is 14.4. The molecule has 0 spiro atoms. The van der Waals surface area contributed by atoms with Crippen LogP contribution in [-0.2, 0) is 0 Å². The fraction of sp³-hybridized carbons (Fsp3) is 0.154. The predicted octanol–water partition coefficient (Wildman–Crippen LogP) is 6.43. The van der Waals surface area contributed by atoms with Crippen LogP contribution in [0.2, 0.25) is 19.6 Å². The van der Waals surface area contributed by atoms with Crippen LogP contribution in [-0.4, -0.2) is 17.2 Å². The maximum atomic E-state index is 8.98. The van der Waals surface area contributed by atoms with Crippen molar-refractivity contribution in [3.63, 3.8) is 0 Å². The highest BCUT2D eigenvalue weighted by molar-refractivity contribution is 6.88. The Kier molecular flexibility index (Phi) is 2.27. The van der Waals surface area contributed by atoms with Crippen molar-refractivity contribution in [3.8, 4) is 11.4 Å². The monoisotopic (exact) mass is 404 g/mol. The number of benzene rings is 3. The summed E-state index contributed by atoms with van der Waals surface area (Å²) in [4.78, 5) is 0. The van der Waals surface area contributed by atoms with Gasteiger partial charge in [-0.25, -0.2) is 0 Å². The van der Waals surface area contributed by atoms with E-state index in [4.69, 9.17) is 13.7 Å². The summed E-state index contributed by atoms with van der Waals surface area (Å²) >= 11 is 0. The summed E-state index contributed by atoms with van der Waals surface area (Å²) in [6, 6.07) is 4.54. The van der Waals surface area contributed by atoms with E-state index in [2.05, 4.69) is 0 Å². The molecule has 29 heavy (non-hydrogen) atoms. The van der Waals surface area contributed by atoms with Crippen molar-refractivity contribution in [2.45, 2.75) is 26.6 Å². The molecule has 144 valence electrons. The largest absolute Gasteiger partial charge is 0.318 e. The molecule has 0 bridgehead atoms. The normalized spacial score (nSPS) is 17.0. The van der Waals surface area contributed by atoms with Gasteiger partial charge < -0.3 is 9.13 Å². The molecule has 0 atom stereocenters. The van der Waals surface area contributed by atoms with Gasteiger partial charge in [-0.3, -0.25) is 0 Å². The van der Waals surface area contributed by atoms with E-state index in [1.165, 1.54) is 0 Å². The van der Waals surface area contributed by atoms with E-state index in [9.17, 15) is 0 Å². The van der Waals surface area contributed by atoms with E-state index < -0.39 is 20.2 Å². The number of fused-ring (bicyclic) bond motifs is 2. The molecule has 0 unspecified atom stereocenters. The minimum atomic E-state index is -2.30. The third-order valence-corrected chi connectivity index (χ3v) is 6.72. The lowest BCUT2D eigenvalue weighted by atomic mass is 10.2. The van der Waals surface area contributed by atoms with Crippen LogP contribution in [0.15, 0.2) is 84.7 Å². The average Bonchev–Trinajstić information content (AvgIpc) is 3.34. The van der Waals surface area contributed by atoms with Gasteiger partial charge in [0.15, 0.2) is 0 Å². The highest BCUT2D eigenvalue weighted by atomic mass is 28.3. The molecule has 2 nitrogen and oxygen atoms in total. The van der Waals surface area contributed by atoms with Crippen molar-refractivity contribution in [2.75, 3.05) is 0 Å². The summed E-state index contributed by atoms with van der Waals surface area (Å²) in [5.41, 5.74) is 1.91. The number of rotatable bonds is 3. The Morgan fingerprint density at radius 3 is 1.97 bits per heavy atom. The average molecular weight is 405 g/mol. The van der Waals surface area contributed by atoms with Gasteiger partial charge in [0.25, 0.3) is 0 Å². The summed E-state index contributed by atoms with van der Waals surface area (Å²) in [6.45, 7) is 7.81. The Labute approximate surface area is 187 Å². The van der Waals surface area contributed by atoms with Crippen LogP contribution in [0.3, 0.4) is 0 Å². The van der Waals surface area contributed by atoms with Crippen molar-refractivity contribution in [2.24, 2.45) is 0 Å². The predicted molar refractivity (Wildman–Crippen MR) is 128 cm³/mol. The molecule has 0 saturated carbocycles. The molecule has 0 N–H and O–H groups in total. The lowest BCUT2D eigenvalue weighted by Crippen LogP contribution is -2.42. The van der Waals surface area contributed by atoms with Crippen molar-refractivity contribution in [1.29, 1.82) is 0 Å². The highest BCUT2D eigenvalue weighted by Crippen LogP contribution is 2.27. The molecule has 2 heterocycles. The molecular formula is C26H26N2Si. The molecule has 0 aliphatic heterocycles. The van der Waals surface area contributed by atoms with Gasteiger partial charge in [-0.2, -0.15) is 0 Å². The van der Waals surface area contributed by atoms with Gasteiger partial charge in [-0.1, -0.05) is 62.0 Å². The third-order valence-electron chi connectivity index (χ3n) is 4.95. The summed E-state index contributed by atoms with van der Waals surface area (Å²) in [5, 5.41) is 0.925. The lowest BCUT2D eigenvalue weighted by Gasteiger charge is -2.21. The maximum absolute atomic E-state index is 8.98. The van der Waals surface area contributed by atoms with Crippen molar-refractivity contribution in [1.82, 2.24) is 9.13 Å². The van der Waals surface area contributed by atoms with E-state index in [-0.39, 0.29) is 70.1 Å². The molecular weight excluding hydrogens is 368 g/mol. The van der Waals surface area contributed by atoms with Gasteiger partial charge in [-0.15, -0.1) is 0 Å². The Balaban J connectivity index is 1.92. The van der Waals surface area contributed by atoms with Crippen LogP contribution < -0.4 is 5.32 Å². The standard InChI is InChI=1S/C26H26N2Si/c1-19-16-20-10-5-7-14-24(20)27(19)22-12-9-13-23(18-22)28-25-15-8-6-11-21(25)17-26(28)29(2,3)4/h5-18H,1-4H3/i5D,6D,7D,8D,10D,11D,14D,15D,16D,17D. The van der Waals surface area contributed by atoms with Gasteiger partial charge in [0.2, 0.25) is 0 Å². The fourth-order valence-corrected chi connectivity index (χ4v) is 5.11. The van der Waals surface area contributed by atoms with Crippen LogP contribution >= 0.6 is 0 Å². The first-order chi connectivity index (χ1) is 18.1. The highest BCUT2D eigenvalue weighted by Gasteiger charge is 2.24. The lowest BCUT2D eigenvalue weighted by molar-refractivity contribution is 1.04. The molecule has 0 aliphatic carbocycles. The number of hydrogen-bond acceptors (Lipinski definition) is 0. The van der Waals surface area contributed by atoms with Gasteiger partial charge in [0.05, 0.1) is 32.8 Å². The van der Waals surface area contributed by atoms with Crippen LogP contribution in [0.1, 0.15) is 19.4 Å². The number of aromatic nitrogens is 2. The second-order valence-electron chi connectivity index (χ2n) is 8.07. The van der Waals surface area contributed by atoms with Crippen LogP contribution in [0.25, 0.3) is 33.2 Å². The zero-order valence-corrected chi connectivity index (χ0v) is 17.7. The van der Waals surface area contributed by atoms with Crippen LogP contribution in [0.4, 0.5) is 0 Å². The molecule has 0 aliphatic rings. The summed E-state index contributed by atoms with van der Waals surface area (Å²) in [6.07, 6.45) is 0. The molecule has 0 saturated heterocycles. The zero-order chi connectivity index (χ0) is 28.9. The molecule has 0 amide bonds. The third kappa shape index (κ3) is 2.93. The minimum absolute atomic E-state index is 0.000773. The second kappa shape index (κ2) is 6.50. The van der Waals surface area contributed by atoms with Gasteiger partial charge >= 0.3 is 0 Å². The number of para-hydroxylation sites is 2. The van der Waals surface area contributed by atoms with Gasteiger partial charge in [0, 0.05) is 27.8 Å². The zero-order valence-electron chi connectivity index (χ0n) is 26.7. The molecule has 3 heteroatoms. The van der Waals surface area contributed by atoms with E-state index >= 15 is 0 Å². The first-order valence-corrected chi connectivity index (χ1v) is 12.9. The van der Waals surface area contributed by atoms with E-state index in [1.54, 1.807) is 40.3 Å². The Bertz CT molecular complexity index is 1860. The molecule has 0 fully saturated rings.